The molecule has 174 valence electrons. The predicted molar refractivity (Wildman–Crippen MR) is 130 cm³/mol. The monoisotopic (exact) mass is 495 g/mol. The molecule has 2 aliphatic heterocycles. The highest BCUT2D eigenvalue weighted by Gasteiger charge is 2.50. The molecule has 1 aliphatic carbocycles. The molecule has 2 bridgehead atoms. The summed E-state index contributed by atoms with van der Waals surface area (Å²) in [5.74, 6) is 0.770. The number of rotatable bonds is 5. The van der Waals surface area contributed by atoms with E-state index in [-0.39, 0.29) is 23.8 Å². The minimum absolute atomic E-state index is 0.0267. The summed E-state index contributed by atoms with van der Waals surface area (Å²) in [4.78, 5) is 22.2. The number of thiazole rings is 1. The van der Waals surface area contributed by atoms with Crippen molar-refractivity contribution in [2.45, 2.75) is 44.7 Å². The Labute approximate surface area is 205 Å². The van der Waals surface area contributed by atoms with Crippen molar-refractivity contribution in [3.8, 4) is 5.69 Å². The molecule has 2 aromatic heterocycles. The minimum Gasteiger partial charge on any atom is -0.332 e. The second-order valence-corrected chi connectivity index (χ2v) is 10.8. The Hall–Kier alpha value is -2.84. The van der Waals surface area contributed by atoms with Crippen LogP contribution in [0.25, 0.3) is 15.9 Å². The fourth-order valence-electron chi connectivity index (χ4n) is 5.50. The van der Waals surface area contributed by atoms with Crippen LogP contribution in [0.3, 0.4) is 0 Å². The normalized spacial score (nSPS) is 23.8. The van der Waals surface area contributed by atoms with E-state index in [0.717, 1.165) is 40.9 Å². The Kier molecular flexibility index (Phi) is 5.37. The van der Waals surface area contributed by atoms with Gasteiger partial charge >= 0.3 is 0 Å². The summed E-state index contributed by atoms with van der Waals surface area (Å²) in [6.45, 7) is 2.26. The average molecular weight is 496 g/mol. The van der Waals surface area contributed by atoms with Crippen LogP contribution in [0, 0.1) is 17.7 Å². The SMILES string of the molecule is C[C@@H]1C2CC(C2)N(C(=O)c2cc(Cl)ccc2-n2nccn2)C1CCc1nc2ccc(F)cc2s1. The maximum Gasteiger partial charge on any atom is 0.256 e. The van der Waals surface area contributed by atoms with Gasteiger partial charge in [-0.1, -0.05) is 18.5 Å². The van der Waals surface area contributed by atoms with Gasteiger partial charge in [0.2, 0.25) is 0 Å². The summed E-state index contributed by atoms with van der Waals surface area (Å²) in [7, 11) is 0. The topological polar surface area (TPSA) is 63.9 Å². The summed E-state index contributed by atoms with van der Waals surface area (Å²) < 4.78 is 14.5. The van der Waals surface area contributed by atoms with E-state index in [1.54, 1.807) is 36.7 Å². The van der Waals surface area contributed by atoms with Crippen LogP contribution in [-0.2, 0) is 6.42 Å². The summed E-state index contributed by atoms with van der Waals surface area (Å²) in [6.07, 6.45) is 6.84. The Morgan fingerprint density at radius 2 is 1.97 bits per heavy atom. The van der Waals surface area contributed by atoms with Crippen molar-refractivity contribution in [1.82, 2.24) is 24.9 Å². The number of fused-ring (bicyclic) bond motifs is 3. The van der Waals surface area contributed by atoms with Crippen LogP contribution in [-0.4, -0.2) is 42.9 Å². The molecule has 3 aliphatic rings. The molecule has 3 fully saturated rings. The summed E-state index contributed by atoms with van der Waals surface area (Å²) in [5.41, 5.74) is 1.96. The van der Waals surface area contributed by atoms with Crippen molar-refractivity contribution in [2.75, 3.05) is 0 Å². The van der Waals surface area contributed by atoms with E-state index in [1.807, 2.05) is 0 Å². The first-order valence-corrected chi connectivity index (χ1v) is 12.7. The van der Waals surface area contributed by atoms with Gasteiger partial charge in [0.25, 0.3) is 5.91 Å². The fourth-order valence-corrected chi connectivity index (χ4v) is 6.68. The number of aryl methyl sites for hydroxylation is 1. The van der Waals surface area contributed by atoms with Gasteiger partial charge in [0.15, 0.2) is 0 Å². The van der Waals surface area contributed by atoms with E-state index >= 15 is 0 Å². The number of aromatic nitrogens is 4. The Morgan fingerprint density at radius 1 is 1.18 bits per heavy atom. The maximum atomic E-state index is 14.0. The standard InChI is InChI=1S/C25H23ClFN5OS/c1-14-15-10-18(11-15)31(21(14)6-7-24-30-20-4-3-17(27)13-23(20)34-24)25(33)19-12-16(26)2-5-22(19)32-28-8-9-29-32/h2-5,8-9,12-15,18,21H,6-7,10-11H2,1H3/t14-,15?,18?,21?/m1/s1. The van der Waals surface area contributed by atoms with Crippen LogP contribution >= 0.6 is 22.9 Å². The third kappa shape index (κ3) is 3.69. The minimum atomic E-state index is -0.246. The van der Waals surface area contributed by atoms with Crippen molar-refractivity contribution in [3.05, 3.63) is 70.2 Å². The molecule has 7 rings (SSSR count). The van der Waals surface area contributed by atoms with Gasteiger partial charge in [-0.15, -0.1) is 11.3 Å². The second kappa shape index (κ2) is 8.43. The average Bonchev–Trinajstić information content (AvgIpc) is 3.46. The Balaban J connectivity index is 1.30. The summed E-state index contributed by atoms with van der Waals surface area (Å²) in [6, 6.07) is 10.3. The highest BCUT2D eigenvalue weighted by atomic mass is 35.5. The highest BCUT2D eigenvalue weighted by molar-refractivity contribution is 7.18. The molecule has 0 spiro atoms. The lowest BCUT2D eigenvalue weighted by Crippen LogP contribution is -2.63. The molecule has 6 nitrogen and oxygen atoms in total. The molecule has 2 saturated heterocycles. The van der Waals surface area contributed by atoms with Crippen LogP contribution in [0.4, 0.5) is 4.39 Å². The van der Waals surface area contributed by atoms with Gasteiger partial charge in [0, 0.05) is 23.5 Å². The van der Waals surface area contributed by atoms with Crippen molar-refractivity contribution in [2.24, 2.45) is 11.8 Å². The van der Waals surface area contributed by atoms with Crippen molar-refractivity contribution in [3.63, 3.8) is 0 Å². The predicted octanol–water partition coefficient (Wildman–Crippen LogP) is 5.54. The first-order chi connectivity index (χ1) is 16.5. The molecule has 9 heteroatoms. The third-order valence-corrected chi connectivity index (χ3v) is 8.67. The first kappa shape index (κ1) is 21.7. The molecule has 2 aromatic carbocycles. The van der Waals surface area contributed by atoms with Gasteiger partial charge in [-0.2, -0.15) is 15.0 Å². The van der Waals surface area contributed by atoms with Gasteiger partial charge in [-0.3, -0.25) is 4.79 Å². The van der Waals surface area contributed by atoms with Crippen LogP contribution in [0.15, 0.2) is 48.8 Å². The lowest BCUT2D eigenvalue weighted by Gasteiger charge is -2.57. The molecule has 0 radical (unpaired) electrons. The largest absolute Gasteiger partial charge is 0.332 e. The number of amides is 1. The Morgan fingerprint density at radius 3 is 2.76 bits per heavy atom. The zero-order valence-electron chi connectivity index (χ0n) is 18.6. The molecular formula is C25H23ClFN5OS. The van der Waals surface area contributed by atoms with Gasteiger partial charge in [0.1, 0.15) is 5.82 Å². The molecule has 2 atom stereocenters. The van der Waals surface area contributed by atoms with Crippen molar-refractivity contribution >= 4 is 39.1 Å². The smallest absolute Gasteiger partial charge is 0.256 e. The summed E-state index contributed by atoms with van der Waals surface area (Å²) in [5, 5.41) is 9.94. The number of piperidine rings is 2. The second-order valence-electron chi connectivity index (χ2n) is 9.26. The number of carbonyl (C=O) groups is 1. The van der Waals surface area contributed by atoms with Gasteiger partial charge < -0.3 is 4.90 Å². The van der Waals surface area contributed by atoms with Gasteiger partial charge in [-0.25, -0.2) is 9.37 Å². The van der Waals surface area contributed by atoms with Gasteiger partial charge in [-0.05, 0) is 67.5 Å². The number of benzene rings is 2. The molecule has 1 amide bonds. The number of hydrogen-bond donors (Lipinski definition) is 0. The maximum absolute atomic E-state index is 14.0. The molecule has 0 N–H and O–H groups in total. The lowest BCUT2D eigenvalue weighted by molar-refractivity contribution is -0.0570. The van der Waals surface area contributed by atoms with E-state index in [1.165, 1.54) is 28.3 Å². The molecule has 34 heavy (non-hydrogen) atoms. The van der Waals surface area contributed by atoms with Crippen molar-refractivity contribution < 1.29 is 9.18 Å². The van der Waals surface area contributed by atoms with Crippen LogP contribution < -0.4 is 0 Å². The number of hydrogen-bond acceptors (Lipinski definition) is 5. The highest BCUT2D eigenvalue weighted by Crippen LogP contribution is 2.48. The van der Waals surface area contributed by atoms with E-state index in [2.05, 4.69) is 22.0 Å². The lowest BCUT2D eigenvalue weighted by atomic mass is 9.64. The molecule has 1 unspecified atom stereocenters. The third-order valence-electron chi connectivity index (χ3n) is 7.36. The van der Waals surface area contributed by atoms with E-state index < -0.39 is 0 Å². The fraction of sp³-hybridized carbons (Fsp3) is 0.360. The van der Waals surface area contributed by atoms with Crippen LogP contribution in [0.5, 0.6) is 0 Å². The number of nitrogens with zero attached hydrogens (tertiary/aromatic N) is 5. The quantitative estimate of drug-likeness (QED) is 0.364. The zero-order valence-corrected chi connectivity index (χ0v) is 20.1. The number of carbonyl (C=O) groups excluding carboxylic acids is 1. The molecule has 4 aromatic rings. The number of halogens is 2. The molecular weight excluding hydrogens is 473 g/mol. The van der Waals surface area contributed by atoms with Gasteiger partial charge in [0.05, 0.1) is 38.9 Å². The Bertz CT molecular complexity index is 1370. The van der Waals surface area contributed by atoms with E-state index in [0.29, 0.717) is 28.1 Å². The van der Waals surface area contributed by atoms with Crippen LogP contribution in [0.1, 0.15) is 41.6 Å². The van der Waals surface area contributed by atoms with Crippen molar-refractivity contribution in [1.29, 1.82) is 0 Å². The van der Waals surface area contributed by atoms with E-state index in [4.69, 9.17) is 16.6 Å². The zero-order chi connectivity index (χ0) is 23.4. The molecule has 4 heterocycles. The van der Waals surface area contributed by atoms with E-state index in [9.17, 15) is 9.18 Å². The van der Waals surface area contributed by atoms with Crippen LogP contribution in [0.2, 0.25) is 5.02 Å². The molecule has 1 saturated carbocycles. The first-order valence-electron chi connectivity index (χ1n) is 11.5. The summed E-state index contributed by atoms with van der Waals surface area (Å²) >= 11 is 7.84.